The first kappa shape index (κ1) is 16.9. The lowest BCUT2D eigenvalue weighted by molar-refractivity contribution is -0.177. The number of hydrogen-bond donors (Lipinski definition) is 0. The van der Waals surface area contributed by atoms with Gasteiger partial charge >= 0.3 is 5.97 Å². The molecule has 0 aromatic carbocycles. The molecular formula is C21H34O3. The molecule has 0 spiro atoms. The summed E-state index contributed by atoms with van der Waals surface area (Å²) in [7, 11) is 0. The van der Waals surface area contributed by atoms with Gasteiger partial charge in [-0.05, 0) is 69.1 Å². The van der Waals surface area contributed by atoms with Crippen LogP contribution in [0.25, 0.3) is 0 Å². The maximum absolute atomic E-state index is 13.1. The van der Waals surface area contributed by atoms with Crippen molar-refractivity contribution in [3.05, 3.63) is 0 Å². The number of fused-ring (bicyclic) bond motifs is 5. The highest BCUT2D eigenvalue weighted by Gasteiger charge is 2.62. The van der Waals surface area contributed by atoms with E-state index in [1.807, 2.05) is 0 Å². The molecule has 0 aromatic heterocycles. The second-order valence-corrected chi connectivity index (χ2v) is 8.86. The topological polar surface area (TPSA) is 35.5 Å². The van der Waals surface area contributed by atoms with E-state index in [4.69, 9.17) is 9.47 Å². The summed E-state index contributed by atoms with van der Waals surface area (Å²) in [4.78, 5) is 13.1. The van der Waals surface area contributed by atoms with Crippen molar-refractivity contribution in [1.29, 1.82) is 0 Å². The van der Waals surface area contributed by atoms with Crippen LogP contribution in [0.5, 0.6) is 0 Å². The standard InChI is InChI=1S/C21H34O3/c1-4-14-11-17(19(5-2)23-14)20(22)24-21(6-3)12-13-10-18(21)16-9-7-8-15(13)16/h13-19H,4-12H2,1-3H3. The van der Waals surface area contributed by atoms with E-state index in [1.165, 1.54) is 25.7 Å². The van der Waals surface area contributed by atoms with Crippen molar-refractivity contribution in [1.82, 2.24) is 0 Å². The molecular weight excluding hydrogens is 300 g/mol. The third kappa shape index (κ3) is 2.45. The minimum atomic E-state index is -0.157. The average Bonchev–Trinajstić information content (AvgIpc) is 3.33. The van der Waals surface area contributed by atoms with Gasteiger partial charge < -0.3 is 9.47 Å². The molecule has 3 aliphatic carbocycles. The summed E-state index contributed by atoms with van der Waals surface area (Å²) >= 11 is 0. The Morgan fingerprint density at radius 1 is 1.12 bits per heavy atom. The Morgan fingerprint density at radius 3 is 2.62 bits per heavy atom. The fourth-order valence-electron chi connectivity index (χ4n) is 6.81. The number of rotatable bonds is 5. The van der Waals surface area contributed by atoms with Crippen molar-refractivity contribution in [2.45, 2.75) is 96.4 Å². The zero-order valence-electron chi connectivity index (χ0n) is 15.6. The van der Waals surface area contributed by atoms with Gasteiger partial charge in [-0.1, -0.05) is 27.2 Å². The predicted molar refractivity (Wildman–Crippen MR) is 93.5 cm³/mol. The molecule has 3 nitrogen and oxygen atoms in total. The SMILES string of the molecule is CCC1CC(C(=O)OC2(CC)CC3CC2C2CCCC32)C(CC)O1. The summed E-state index contributed by atoms with van der Waals surface area (Å²) < 4.78 is 12.4. The second-order valence-electron chi connectivity index (χ2n) is 8.86. The van der Waals surface area contributed by atoms with Crippen LogP contribution >= 0.6 is 0 Å². The lowest BCUT2D eigenvalue weighted by atomic mass is 9.71. The van der Waals surface area contributed by atoms with Gasteiger partial charge in [0.2, 0.25) is 0 Å². The summed E-state index contributed by atoms with van der Waals surface area (Å²) in [6.07, 6.45) is 10.7. The second kappa shape index (κ2) is 6.30. The van der Waals surface area contributed by atoms with E-state index in [0.717, 1.165) is 49.9 Å². The summed E-state index contributed by atoms with van der Waals surface area (Å²) in [5.74, 6) is 3.23. The van der Waals surface area contributed by atoms with Crippen molar-refractivity contribution in [2.24, 2.45) is 29.6 Å². The normalized spacial score (nSPS) is 49.5. The molecule has 1 aliphatic heterocycles. The average molecular weight is 335 g/mol. The van der Waals surface area contributed by atoms with E-state index in [1.54, 1.807) is 0 Å². The number of hydrogen-bond acceptors (Lipinski definition) is 3. The maximum atomic E-state index is 13.1. The van der Waals surface area contributed by atoms with Gasteiger partial charge in [-0.2, -0.15) is 0 Å². The maximum Gasteiger partial charge on any atom is 0.312 e. The third-order valence-corrected chi connectivity index (χ3v) is 7.98. The molecule has 4 rings (SSSR count). The van der Waals surface area contributed by atoms with Crippen molar-refractivity contribution in [3.8, 4) is 0 Å². The highest BCUT2D eigenvalue weighted by Crippen LogP contribution is 2.64. The van der Waals surface area contributed by atoms with Crippen LogP contribution in [0.2, 0.25) is 0 Å². The molecule has 0 radical (unpaired) electrons. The third-order valence-electron chi connectivity index (χ3n) is 7.98. The van der Waals surface area contributed by atoms with Crippen molar-refractivity contribution in [2.75, 3.05) is 0 Å². The van der Waals surface area contributed by atoms with E-state index in [9.17, 15) is 4.79 Å². The Labute approximate surface area is 146 Å². The minimum Gasteiger partial charge on any atom is -0.458 e. The molecule has 8 unspecified atom stereocenters. The zero-order valence-corrected chi connectivity index (χ0v) is 15.6. The van der Waals surface area contributed by atoms with Crippen LogP contribution in [-0.4, -0.2) is 23.8 Å². The zero-order chi connectivity index (χ0) is 16.9. The number of carbonyl (C=O) groups is 1. The van der Waals surface area contributed by atoms with Gasteiger partial charge in [0.25, 0.3) is 0 Å². The molecule has 2 bridgehead atoms. The molecule has 1 saturated heterocycles. The van der Waals surface area contributed by atoms with Crippen molar-refractivity contribution in [3.63, 3.8) is 0 Å². The quantitative estimate of drug-likeness (QED) is 0.682. The Balaban J connectivity index is 1.48. The molecule has 8 atom stereocenters. The smallest absolute Gasteiger partial charge is 0.312 e. The molecule has 0 aromatic rings. The van der Waals surface area contributed by atoms with E-state index in [-0.39, 0.29) is 29.7 Å². The fraction of sp³-hybridized carbons (Fsp3) is 0.952. The van der Waals surface area contributed by atoms with E-state index >= 15 is 0 Å². The Morgan fingerprint density at radius 2 is 1.92 bits per heavy atom. The van der Waals surface area contributed by atoms with Crippen LogP contribution in [0.4, 0.5) is 0 Å². The van der Waals surface area contributed by atoms with Crippen LogP contribution in [0.15, 0.2) is 0 Å². The van der Waals surface area contributed by atoms with Crippen LogP contribution in [0, 0.1) is 29.6 Å². The number of carbonyl (C=O) groups excluding carboxylic acids is 1. The molecule has 1 heterocycles. The molecule has 0 N–H and O–H groups in total. The minimum absolute atomic E-state index is 0.0399. The lowest BCUT2D eigenvalue weighted by Gasteiger charge is -2.42. The summed E-state index contributed by atoms with van der Waals surface area (Å²) in [6.45, 7) is 6.50. The van der Waals surface area contributed by atoms with Gasteiger partial charge in [-0.15, -0.1) is 0 Å². The summed E-state index contributed by atoms with van der Waals surface area (Å²) in [6, 6.07) is 0. The highest BCUT2D eigenvalue weighted by molar-refractivity contribution is 5.74. The molecule has 3 heteroatoms. The van der Waals surface area contributed by atoms with Gasteiger partial charge in [-0.3, -0.25) is 4.79 Å². The van der Waals surface area contributed by atoms with E-state index < -0.39 is 0 Å². The Kier molecular flexibility index (Phi) is 4.43. The van der Waals surface area contributed by atoms with Crippen LogP contribution in [-0.2, 0) is 14.3 Å². The van der Waals surface area contributed by atoms with Gasteiger partial charge in [0, 0.05) is 5.92 Å². The van der Waals surface area contributed by atoms with Crippen molar-refractivity contribution >= 4 is 5.97 Å². The Bertz CT molecular complexity index is 489. The molecule has 4 fully saturated rings. The van der Waals surface area contributed by atoms with E-state index in [2.05, 4.69) is 20.8 Å². The number of esters is 1. The van der Waals surface area contributed by atoms with Gasteiger partial charge in [-0.25, -0.2) is 0 Å². The first-order valence-electron chi connectivity index (χ1n) is 10.5. The van der Waals surface area contributed by atoms with E-state index in [0.29, 0.717) is 5.92 Å². The monoisotopic (exact) mass is 334 g/mol. The van der Waals surface area contributed by atoms with Crippen molar-refractivity contribution < 1.29 is 14.3 Å². The molecule has 4 aliphatic rings. The predicted octanol–water partition coefficient (Wildman–Crippen LogP) is 4.73. The first-order valence-corrected chi connectivity index (χ1v) is 10.5. The summed E-state index contributed by atoms with van der Waals surface area (Å²) in [5, 5.41) is 0. The van der Waals surface area contributed by atoms with Crippen LogP contribution < -0.4 is 0 Å². The molecule has 24 heavy (non-hydrogen) atoms. The first-order chi connectivity index (χ1) is 11.6. The highest BCUT2D eigenvalue weighted by atomic mass is 16.6. The largest absolute Gasteiger partial charge is 0.458 e. The fourth-order valence-corrected chi connectivity index (χ4v) is 6.81. The van der Waals surface area contributed by atoms with Crippen LogP contribution in [0.1, 0.15) is 78.6 Å². The Hall–Kier alpha value is -0.570. The molecule has 3 saturated carbocycles. The van der Waals surface area contributed by atoms with Gasteiger partial charge in [0.1, 0.15) is 5.60 Å². The van der Waals surface area contributed by atoms with Gasteiger partial charge in [0.05, 0.1) is 18.1 Å². The molecule has 136 valence electrons. The lowest BCUT2D eigenvalue weighted by Crippen LogP contribution is -2.46. The van der Waals surface area contributed by atoms with Crippen LogP contribution in [0.3, 0.4) is 0 Å². The van der Waals surface area contributed by atoms with Gasteiger partial charge in [0.15, 0.2) is 0 Å². The summed E-state index contributed by atoms with van der Waals surface area (Å²) in [5.41, 5.74) is -0.157. The molecule has 0 amide bonds. The number of ether oxygens (including phenoxy) is 2.